The minimum atomic E-state index is -0.817. The summed E-state index contributed by atoms with van der Waals surface area (Å²) < 4.78 is 0. The minimum absolute atomic E-state index is 0.0468. The van der Waals surface area contributed by atoms with Gasteiger partial charge in [-0.1, -0.05) is 20.3 Å². The van der Waals surface area contributed by atoms with Gasteiger partial charge in [0, 0.05) is 12.5 Å². The number of hydrogen-bond acceptors (Lipinski definition) is 3. The van der Waals surface area contributed by atoms with Crippen molar-refractivity contribution in [3.05, 3.63) is 0 Å². The molecule has 1 rings (SSSR count). The van der Waals surface area contributed by atoms with Gasteiger partial charge < -0.3 is 16.2 Å². The van der Waals surface area contributed by atoms with Crippen LogP contribution in [0.2, 0.25) is 0 Å². The molecule has 1 aliphatic rings. The highest BCUT2D eigenvalue weighted by atomic mass is 16.4. The molecule has 116 valence electrons. The maximum atomic E-state index is 12.0. The molecule has 4 N–H and O–H groups in total. The first kappa shape index (κ1) is 17.0. The second kappa shape index (κ2) is 6.57. The Balaban J connectivity index is 2.49. The number of carboxylic acids is 1. The van der Waals surface area contributed by atoms with Crippen LogP contribution >= 0.6 is 0 Å². The van der Waals surface area contributed by atoms with Crippen LogP contribution in [0.4, 0.5) is 0 Å². The average Bonchev–Trinajstić information content (AvgIpc) is 2.70. The van der Waals surface area contributed by atoms with Crippen molar-refractivity contribution in [2.24, 2.45) is 16.6 Å². The van der Waals surface area contributed by atoms with Gasteiger partial charge in [0.25, 0.3) is 0 Å². The molecule has 0 spiro atoms. The van der Waals surface area contributed by atoms with Gasteiger partial charge in [-0.2, -0.15) is 0 Å². The number of nitrogens with two attached hydrogens (primary N) is 1. The number of carbonyl (C=O) groups excluding carboxylic acids is 1. The van der Waals surface area contributed by atoms with Gasteiger partial charge in [-0.05, 0) is 44.6 Å². The van der Waals surface area contributed by atoms with Crippen LogP contribution in [-0.2, 0) is 9.59 Å². The molecule has 2 unspecified atom stereocenters. The van der Waals surface area contributed by atoms with Crippen molar-refractivity contribution < 1.29 is 14.7 Å². The van der Waals surface area contributed by atoms with Gasteiger partial charge in [-0.15, -0.1) is 0 Å². The summed E-state index contributed by atoms with van der Waals surface area (Å²) in [6.07, 6.45) is 4.32. The zero-order valence-corrected chi connectivity index (χ0v) is 12.9. The lowest BCUT2D eigenvalue weighted by Crippen LogP contribution is -2.47. The van der Waals surface area contributed by atoms with Crippen molar-refractivity contribution in [1.29, 1.82) is 0 Å². The second-order valence-electron chi connectivity index (χ2n) is 6.94. The van der Waals surface area contributed by atoms with E-state index in [0.717, 1.165) is 25.7 Å². The van der Waals surface area contributed by atoms with Gasteiger partial charge >= 0.3 is 5.97 Å². The summed E-state index contributed by atoms with van der Waals surface area (Å²) in [6.45, 7) is 6.55. The number of hydrogen-bond donors (Lipinski definition) is 3. The van der Waals surface area contributed by atoms with Gasteiger partial charge in [0.15, 0.2) is 0 Å². The number of amides is 1. The van der Waals surface area contributed by atoms with Gasteiger partial charge in [-0.25, -0.2) is 0 Å². The number of nitrogens with one attached hydrogen (secondary N) is 1. The van der Waals surface area contributed by atoms with Crippen LogP contribution in [0.15, 0.2) is 0 Å². The maximum Gasteiger partial charge on any atom is 0.311 e. The fourth-order valence-electron chi connectivity index (χ4n) is 2.89. The molecule has 0 aromatic carbocycles. The molecule has 5 nitrogen and oxygen atoms in total. The van der Waals surface area contributed by atoms with Crippen molar-refractivity contribution in [2.45, 2.75) is 65.3 Å². The Morgan fingerprint density at radius 3 is 2.60 bits per heavy atom. The normalized spacial score (nSPS) is 26.5. The minimum Gasteiger partial charge on any atom is -0.481 e. The molecule has 0 aromatic heterocycles. The molecule has 1 amide bonds. The lowest BCUT2D eigenvalue weighted by atomic mass is 9.83. The fraction of sp³-hybridized carbons (Fsp3) is 0.867. The van der Waals surface area contributed by atoms with E-state index < -0.39 is 11.4 Å². The van der Waals surface area contributed by atoms with Crippen LogP contribution in [0.25, 0.3) is 0 Å². The van der Waals surface area contributed by atoms with Gasteiger partial charge in [-0.3, -0.25) is 9.59 Å². The molecule has 0 saturated heterocycles. The fourth-order valence-corrected chi connectivity index (χ4v) is 2.89. The monoisotopic (exact) mass is 284 g/mol. The first-order chi connectivity index (χ1) is 9.21. The number of carboxylic acid groups (broad SMARTS) is 1. The Kier molecular flexibility index (Phi) is 5.57. The molecule has 20 heavy (non-hydrogen) atoms. The number of rotatable bonds is 7. The third kappa shape index (κ3) is 4.20. The van der Waals surface area contributed by atoms with Crippen LogP contribution in [-0.4, -0.2) is 29.6 Å². The zero-order valence-electron chi connectivity index (χ0n) is 12.9. The quantitative estimate of drug-likeness (QED) is 0.665. The van der Waals surface area contributed by atoms with Crippen LogP contribution in [0.1, 0.15) is 59.3 Å². The first-order valence-electron chi connectivity index (χ1n) is 7.44. The molecule has 1 fully saturated rings. The van der Waals surface area contributed by atoms with Gasteiger partial charge in [0.2, 0.25) is 5.91 Å². The standard InChI is InChI=1S/C15H28N2O3/c1-14(2,9-10-16)8-6-12(18)17-11-5-4-7-15(11,3)13(19)20/h11H,4-10,16H2,1-3H3,(H,17,18)(H,19,20). The van der Waals surface area contributed by atoms with E-state index in [2.05, 4.69) is 19.2 Å². The number of carbonyl (C=O) groups is 2. The van der Waals surface area contributed by atoms with Crippen molar-refractivity contribution >= 4 is 11.9 Å². The van der Waals surface area contributed by atoms with E-state index in [1.807, 2.05) is 0 Å². The van der Waals surface area contributed by atoms with Gasteiger partial charge in [0.05, 0.1) is 5.41 Å². The maximum absolute atomic E-state index is 12.0. The van der Waals surface area contributed by atoms with Crippen molar-refractivity contribution in [3.8, 4) is 0 Å². The molecule has 5 heteroatoms. The van der Waals surface area contributed by atoms with E-state index in [4.69, 9.17) is 5.73 Å². The van der Waals surface area contributed by atoms with E-state index in [-0.39, 0.29) is 17.4 Å². The molecule has 1 saturated carbocycles. The third-order valence-electron chi connectivity index (χ3n) is 4.63. The predicted molar refractivity (Wildman–Crippen MR) is 78.2 cm³/mol. The Morgan fingerprint density at radius 2 is 2.05 bits per heavy atom. The van der Waals surface area contributed by atoms with Crippen LogP contribution in [0, 0.1) is 10.8 Å². The summed E-state index contributed by atoms with van der Waals surface area (Å²) in [5, 5.41) is 12.2. The molecule has 0 bridgehead atoms. The van der Waals surface area contributed by atoms with Crippen molar-refractivity contribution in [1.82, 2.24) is 5.32 Å². The van der Waals surface area contributed by atoms with Gasteiger partial charge in [0.1, 0.15) is 0 Å². The molecule has 0 aliphatic heterocycles. The molecular weight excluding hydrogens is 256 g/mol. The lowest BCUT2D eigenvalue weighted by Gasteiger charge is -2.28. The molecule has 1 aliphatic carbocycles. The third-order valence-corrected chi connectivity index (χ3v) is 4.63. The smallest absolute Gasteiger partial charge is 0.311 e. The summed E-state index contributed by atoms with van der Waals surface area (Å²) in [7, 11) is 0. The SMILES string of the molecule is CC(C)(CCN)CCC(=O)NC1CCCC1(C)C(=O)O. The largest absolute Gasteiger partial charge is 0.481 e. The van der Waals surface area contributed by atoms with Crippen LogP contribution in [0.3, 0.4) is 0 Å². The zero-order chi connectivity index (χ0) is 15.4. The Labute approximate surface area is 121 Å². The first-order valence-corrected chi connectivity index (χ1v) is 7.44. The molecule has 0 aromatic rings. The van der Waals surface area contributed by atoms with Crippen molar-refractivity contribution in [3.63, 3.8) is 0 Å². The second-order valence-corrected chi connectivity index (χ2v) is 6.94. The van der Waals surface area contributed by atoms with E-state index in [0.29, 0.717) is 19.4 Å². The van der Waals surface area contributed by atoms with E-state index in [1.54, 1.807) is 6.92 Å². The molecule has 2 atom stereocenters. The lowest BCUT2D eigenvalue weighted by molar-refractivity contribution is -0.149. The molecule has 0 radical (unpaired) electrons. The van der Waals surface area contributed by atoms with E-state index in [9.17, 15) is 14.7 Å². The summed E-state index contributed by atoms with van der Waals surface area (Å²) in [5.41, 5.74) is 4.79. The summed E-state index contributed by atoms with van der Waals surface area (Å²) in [4.78, 5) is 23.4. The average molecular weight is 284 g/mol. The molecular formula is C15H28N2O3. The highest BCUT2D eigenvalue weighted by Gasteiger charge is 2.45. The Morgan fingerprint density at radius 1 is 1.40 bits per heavy atom. The summed E-state index contributed by atoms with van der Waals surface area (Å²) in [5.74, 6) is -0.863. The van der Waals surface area contributed by atoms with Crippen LogP contribution < -0.4 is 11.1 Å². The summed E-state index contributed by atoms with van der Waals surface area (Å²) in [6, 6.07) is -0.245. The summed E-state index contributed by atoms with van der Waals surface area (Å²) >= 11 is 0. The molecule has 0 heterocycles. The Hall–Kier alpha value is -1.10. The highest BCUT2D eigenvalue weighted by molar-refractivity contribution is 5.80. The van der Waals surface area contributed by atoms with E-state index in [1.165, 1.54) is 0 Å². The topological polar surface area (TPSA) is 92.4 Å². The van der Waals surface area contributed by atoms with E-state index >= 15 is 0 Å². The Bertz CT molecular complexity index is 368. The number of aliphatic carboxylic acids is 1. The van der Waals surface area contributed by atoms with Crippen LogP contribution in [0.5, 0.6) is 0 Å². The predicted octanol–water partition coefficient (Wildman–Crippen LogP) is 1.90. The highest BCUT2D eigenvalue weighted by Crippen LogP contribution is 2.38. The van der Waals surface area contributed by atoms with Crippen molar-refractivity contribution in [2.75, 3.05) is 6.54 Å².